The van der Waals surface area contributed by atoms with E-state index >= 15 is 0 Å². The standard InChI is InChI=1S/C19H23NO/c1-2-18(20)17-9-5-6-10-19(17)21-16-12-11-14-7-3-4-8-15(14)13-16/h5-6,9-13,18H,2-4,7-8,20H2,1H3/t18-/m0/s1. The molecule has 3 rings (SSSR count). The van der Waals surface area contributed by atoms with E-state index in [4.69, 9.17) is 10.5 Å². The van der Waals surface area contributed by atoms with E-state index in [1.165, 1.54) is 36.8 Å². The van der Waals surface area contributed by atoms with E-state index in [0.29, 0.717) is 0 Å². The molecule has 1 atom stereocenters. The van der Waals surface area contributed by atoms with Gasteiger partial charge in [0.05, 0.1) is 0 Å². The highest BCUT2D eigenvalue weighted by atomic mass is 16.5. The first-order valence-electron chi connectivity index (χ1n) is 7.92. The van der Waals surface area contributed by atoms with Gasteiger partial charge < -0.3 is 10.5 Å². The van der Waals surface area contributed by atoms with Gasteiger partial charge in [0, 0.05) is 11.6 Å². The maximum atomic E-state index is 6.18. The van der Waals surface area contributed by atoms with Gasteiger partial charge in [0.1, 0.15) is 11.5 Å². The van der Waals surface area contributed by atoms with Crippen molar-refractivity contribution in [1.82, 2.24) is 0 Å². The molecule has 1 aliphatic carbocycles. The zero-order valence-electron chi connectivity index (χ0n) is 12.6. The molecule has 0 amide bonds. The van der Waals surface area contributed by atoms with Crippen molar-refractivity contribution in [2.24, 2.45) is 5.73 Å². The van der Waals surface area contributed by atoms with Crippen LogP contribution in [0.5, 0.6) is 11.5 Å². The molecule has 0 unspecified atom stereocenters. The smallest absolute Gasteiger partial charge is 0.132 e. The second-order valence-corrected chi connectivity index (χ2v) is 5.79. The lowest BCUT2D eigenvalue weighted by atomic mass is 9.92. The summed E-state index contributed by atoms with van der Waals surface area (Å²) < 4.78 is 6.12. The number of aryl methyl sites for hydroxylation is 2. The molecule has 1 aliphatic rings. The number of rotatable bonds is 4. The molecule has 0 bridgehead atoms. The lowest BCUT2D eigenvalue weighted by Gasteiger charge is -2.18. The molecule has 2 aromatic rings. The number of hydrogen-bond acceptors (Lipinski definition) is 2. The molecule has 2 aromatic carbocycles. The number of benzene rings is 2. The zero-order chi connectivity index (χ0) is 14.7. The van der Waals surface area contributed by atoms with Gasteiger partial charge in [0.25, 0.3) is 0 Å². The monoisotopic (exact) mass is 281 g/mol. The molecule has 0 saturated heterocycles. The summed E-state index contributed by atoms with van der Waals surface area (Å²) in [5.41, 5.74) is 10.2. The molecule has 0 spiro atoms. The predicted molar refractivity (Wildman–Crippen MR) is 86.8 cm³/mol. The van der Waals surface area contributed by atoms with E-state index in [1.807, 2.05) is 18.2 Å². The lowest BCUT2D eigenvalue weighted by Crippen LogP contribution is -2.10. The van der Waals surface area contributed by atoms with Gasteiger partial charge in [-0.15, -0.1) is 0 Å². The second kappa shape index (κ2) is 6.31. The van der Waals surface area contributed by atoms with Gasteiger partial charge in [-0.1, -0.05) is 31.2 Å². The van der Waals surface area contributed by atoms with Crippen LogP contribution in [-0.2, 0) is 12.8 Å². The highest BCUT2D eigenvalue weighted by molar-refractivity contribution is 5.42. The van der Waals surface area contributed by atoms with Gasteiger partial charge in [0.2, 0.25) is 0 Å². The zero-order valence-corrected chi connectivity index (χ0v) is 12.6. The van der Waals surface area contributed by atoms with Crippen molar-refractivity contribution in [2.75, 3.05) is 0 Å². The second-order valence-electron chi connectivity index (χ2n) is 5.79. The quantitative estimate of drug-likeness (QED) is 0.876. The fraction of sp³-hybridized carbons (Fsp3) is 0.368. The fourth-order valence-electron chi connectivity index (χ4n) is 3.00. The van der Waals surface area contributed by atoms with Crippen molar-refractivity contribution in [3.05, 3.63) is 59.2 Å². The van der Waals surface area contributed by atoms with Gasteiger partial charge in [-0.25, -0.2) is 0 Å². The molecule has 0 aliphatic heterocycles. The molecule has 0 fully saturated rings. The Hall–Kier alpha value is -1.80. The third-order valence-electron chi connectivity index (χ3n) is 4.31. The average Bonchev–Trinajstić information content (AvgIpc) is 2.54. The molecule has 2 nitrogen and oxygen atoms in total. The molecule has 0 aromatic heterocycles. The molecule has 0 heterocycles. The van der Waals surface area contributed by atoms with Gasteiger partial charge >= 0.3 is 0 Å². The minimum absolute atomic E-state index is 0.0267. The van der Waals surface area contributed by atoms with Crippen LogP contribution in [0.25, 0.3) is 0 Å². The van der Waals surface area contributed by atoms with E-state index in [-0.39, 0.29) is 6.04 Å². The Bertz CT molecular complexity index is 621. The number of hydrogen-bond donors (Lipinski definition) is 1. The summed E-state index contributed by atoms with van der Waals surface area (Å²) in [7, 11) is 0. The van der Waals surface area contributed by atoms with Crippen LogP contribution in [0.15, 0.2) is 42.5 Å². The SMILES string of the molecule is CC[C@H](N)c1ccccc1Oc1ccc2c(c1)CCCC2. The van der Waals surface area contributed by atoms with Crippen molar-refractivity contribution in [1.29, 1.82) is 0 Å². The maximum Gasteiger partial charge on any atom is 0.132 e. The molecular weight excluding hydrogens is 258 g/mol. The average molecular weight is 281 g/mol. The Morgan fingerprint density at radius 1 is 1.05 bits per heavy atom. The van der Waals surface area contributed by atoms with Crippen LogP contribution in [0, 0.1) is 0 Å². The summed E-state index contributed by atoms with van der Waals surface area (Å²) in [6.07, 6.45) is 5.87. The van der Waals surface area contributed by atoms with Crippen molar-refractivity contribution < 1.29 is 4.74 Å². The molecular formula is C19H23NO. The number of nitrogens with two attached hydrogens (primary N) is 1. The molecule has 0 saturated carbocycles. The van der Waals surface area contributed by atoms with E-state index in [9.17, 15) is 0 Å². The van der Waals surface area contributed by atoms with Crippen LogP contribution >= 0.6 is 0 Å². The van der Waals surface area contributed by atoms with Crippen molar-refractivity contribution in [2.45, 2.75) is 45.1 Å². The van der Waals surface area contributed by atoms with Gasteiger partial charge in [-0.05, 0) is 61.4 Å². The van der Waals surface area contributed by atoms with Crippen molar-refractivity contribution >= 4 is 0 Å². The third-order valence-corrected chi connectivity index (χ3v) is 4.31. The van der Waals surface area contributed by atoms with Gasteiger partial charge in [-0.2, -0.15) is 0 Å². The van der Waals surface area contributed by atoms with Crippen molar-refractivity contribution in [3.63, 3.8) is 0 Å². The molecule has 110 valence electrons. The topological polar surface area (TPSA) is 35.2 Å². The normalized spacial score (nSPS) is 15.3. The minimum atomic E-state index is 0.0267. The first-order chi connectivity index (χ1) is 10.3. The summed E-state index contributed by atoms with van der Waals surface area (Å²) >= 11 is 0. The Morgan fingerprint density at radius 3 is 2.62 bits per heavy atom. The summed E-state index contributed by atoms with van der Waals surface area (Å²) in [4.78, 5) is 0. The first-order valence-corrected chi connectivity index (χ1v) is 7.92. The van der Waals surface area contributed by atoms with Crippen LogP contribution < -0.4 is 10.5 Å². The van der Waals surface area contributed by atoms with Crippen LogP contribution in [0.3, 0.4) is 0 Å². The highest BCUT2D eigenvalue weighted by Crippen LogP contribution is 2.32. The Kier molecular flexibility index (Phi) is 4.26. The van der Waals surface area contributed by atoms with Crippen LogP contribution in [0.4, 0.5) is 0 Å². The first kappa shape index (κ1) is 14.2. The van der Waals surface area contributed by atoms with Crippen LogP contribution in [0.1, 0.15) is 48.9 Å². The lowest BCUT2D eigenvalue weighted by molar-refractivity contribution is 0.467. The largest absolute Gasteiger partial charge is 0.457 e. The Balaban J connectivity index is 1.87. The molecule has 21 heavy (non-hydrogen) atoms. The number of ether oxygens (including phenoxy) is 1. The Labute approximate surface area is 126 Å². The summed E-state index contributed by atoms with van der Waals surface area (Å²) in [6.45, 7) is 2.10. The summed E-state index contributed by atoms with van der Waals surface area (Å²) in [5.74, 6) is 1.80. The van der Waals surface area contributed by atoms with Gasteiger partial charge in [0.15, 0.2) is 0 Å². The van der Waals surface area contributed by atoms with Gasteiger partial charge in [-0.3, -0.25) is 0 Å². The van der Waals surface area contributed by atoms with E-state index in [0.717, 1.165) is 23.5 Å². The van der Waals surface area contributed by atoms with E-state index in [2.05, 4.69) is 31.2 Å². The maximum absolute atomic E-state index is 6.18. The van der Waals surface area contributed by atoms with Crippen LogP contribution in [0.2, 0.25) is 0 Å². The van der Waals surface area contributed by atoms with E-state index in [1.54, 1.807) is 0 Å². The van der Waals surface area contributed by atoms with Crippen molar-refractivity contribution in [3.8, 4) is 11.5 Å². The number of fused-ring (bicyclic) bond motifs is 1. The third kappa shape index (κ3) is 3.11. The number of para-hydroxylation sites is 1. The summed E-state index contributed by atoms with van der Waals surface area (Å²) in [5, 5.41) is 0. The highest BCUT2D eigenvalue weighted by Gasteiger charge is 2.13. The molecule has 2 heteroatoms. The van der Waals surface area contributed by atoms with Crippen LogP contribution in [-0.4, -0.2) is 0 Å². The minimum Gasteiger partial charge on any atom is -0.457 e. The molecule has 0 radical (unpaired) electrons. The van der Waals surface area contributed by atoms with E-state index < -0.39 is 0 Å². The molecule has 2 N–H and O–H groups in total. The predicted octanol–water partition coefficient (Wildman–Crippen LogP) is 4.77. The summed E-state index contributed by atoms with van der Waals surface area (Å²) in [6, 6.07) is 14.6. The fourth-order valence-corrected chi connectivity index (χ4v) is 3.00. The Morgan fingerprint density at radius 2 is 1.81 bits per heavy atom.